The molecule has 0 radical (unpaired) electrons. The number of aromatic nitrogens is 1. The van der Waals surface area contributed by atoms with E-state index >= 15 is 0 Å². The highest BCUT2D eigenvalue weighted by Gasteiger charge is 2.29. The van der Waals surface area contributed by atoms with E-state index in [-0.39, 0.29) is 38.9 Å². The molecule has 8 nitrogen and oxygen atoms in total. The monoisotopic (exact) mass is 478 g/mol. The van der Waals surface area contributed by atoms with Crippen LogP contribution in [0.1, 0.15) is 44.5 Å². The predicted molar refractivity (Wildman–Crippen MR) is 122 cm³/mol. The van der Waals surface area contributed by atoms with Crippen LogP contribution in [0.3, 0.4) is 0 Å². The van der Waals surface area contributed by atoms with Crippen molar-refractivity contribution in [2.45, 2.75) is 39.0 Å². The first-order chi connectivity index (χ1) is 14.9. The van der Waals surface area contributed by atoms with Gasteiger partial charge >= 0.3 is 5.97 Å². The minimum Gasteiger partial charge on any atom is -0.492 e. The number of halogens is 1. The number of nitrogens with zero attached hydrogens (tertiary/aromatic N) is 1. The maximum atomic E-state index is 12.8. The smallest absolute Gasteiger partial charge is 0.338 e. The van der Waals surface area contributed by atoms with Gasteiger partial charge in [0.2, 0.25) is 5.88 Å². The fourth-order valence-electron chi connectivity index (χ4n) is 2.95. The summed E-state index contributed by atoms with van der Waals surface area (Å²) in [5, 5.41) is 11.0. The van der Waals surface area contributed by atoms with E-state index in [0.29, 0.717) is 5.39 Å². The van der Waals surface area contributed by atoms with Gasteiger partial charge in [-0.15, -0.1) is 4.73 Å². The molecule has 0 aliphatic carbocycles. The van der Waals surface area contributed by atoms with Crippen molar-refractivity contribution < 1.29 is 28.0 Å². The number of hydrogen-bond acceptors (Lipinski definition) is 6. The lowest BCUT2D eigenvalue weighted by Crippen LogP contribution is -2.31. The second kappa shape index (κ2) is 8.48. The zero-order chi connectivity index (χ0) is 23.8. The maximum Gasteiger partial charge on any atom is 0.338 e. The summed E-state index contributed by atoms with van der Waals surface area (Å²) in [6, 6.07) is 10.3. The quantitative estimate of drug-likeness (QED) is 0.507. The third-order valence-corrected chi connectivity index (χ3v) is 6.55. The van der Waals surface area contributed by atoms with Gasteiger partial charge in [0.25, 0.3) is 10.0 Å². The summed E-state index contributed by atoms with van der Waals surface area (Å²) in [4.78, 5) is 30.1. The molecule has 3 rings (SSSR count). The molecule has 0 spiro atoms. The van der Waals surface area contributed by atoms with Gasteiger partial charge in [0.05, 0.1) is 27.2 Å². The van der Waals surface area contributed by atoms with Crippen LogP contribution >= 0.6 is 11.6 Å². The van der Waals surface area contributed by atoms with Crippen LogP contribution in [-0.4, -0.2) is 30.0 Å². The lowest BCUT2D eigenvalue weighted by molar-refractivity contribution is -0.153. The first-order valence-corrected chi connectivity index (χ1v) is 11.6. The molecule has 1 heterocycles. The molecule has 32 heavy (non-hydrogen) atoms. The summed E-state index contributed by atoms with van der Waals surface area (Å²) in [5.74, 6) is -1.54. The zero-order valence-electron chi connectivity index (χ0n) is 18.0. The SMILES string of the molecule is CCC(=O)c1c(O)n(OC(=O)C(C)(C)C)c2cc(NS(=O)(=O)c3ccccc3Cl)ccc12. The minimum atomic E-state index is -4.02. The molecule has 2 N–H and O–H groups in total. The lowest BCUT2D eigenvalue weighted by Gasteiger charge is -2.17. The summed E-state index contributed by atoms with van der Waals surface area (Å²) < 4.78 is 28.8. The third kappa shape index (κ3) is 4.44. The van der Waals surface area contributed by atoms with E-state index in [1.54, 1.807) is 39.8 Å². The molecule has 0 saturated carbocycles. The number of ketones is 1. The third-order valence-electron chi connectivity index (χ3n) is 4.67. The highest BCUT2D eigenvalue weighted by molar-refractivity contribution is 7.92. The number of benzene rings is 2. The molecule has 10 heteroatoms. The Morgan fingerprint density at radius 3 is 2.41 bits per heavy atom. The zero-order valence-corrected chi connectivity index (χ0v) is 19.5. The summed E-state index contributed by atoms with van der Waals surface area (Å²) in [5.41, 5.74) is -0.624. The summed E-state index contributed by atoms with van der Waals surface area (Å²) >= 11 is 6.02. The Bertz CT molecular complexity index is 1320. The number of rotatable bonds is 6. The number of nitrogens with one attached hydrogen (secondary N) is 1. The van der Waals surface area contributed by atoms with E-state index in [4.69, 9.17) is 16.4 Å². The molecule has 0 aliphatic rings. The molecular formula is C22H23ClN2O6S. The second-order valence-corrected chi connectivity index (χ2v) is 10.2. The van der Waals surface area contributed by atoms with Crippen molar-refractivity contribution >= 4 is 50.0 Å². The number of hydrogen-bond donors (Lipinski definition) is 2. The van der Waals surface area contributed by atoms with E-state index in [1.807, 2.05) is 0 Å². The normalized spacial score (nSPS) is 12.0. The lowest BCUT2D eigenvalue weighted by atomic mass is 9.98. The van der Waals surface area contributed by atoms with Gasteiger partial charge in [-0.1, -0.05) is 30.7 Å². The van der Waals surface area contributed by atoms with Gasteiger partial charge in [-0.2, -0.15) is 0 Å². The molecule has 0 aliphatic heterocycles. The van der Waals surface area contributed by atoms with Crippen LogP contribution in [0, 0.1) is 5.41 Å². The Morgan fingerprint density at radius 2 is 1.81 bits per heavy atom. The molecule has 170 valence electrons. The van der Waals surface area contributed by atoms with E-state index in [0.717, 1.165) is 4.73 Å². The number of anilines is 1. The van der Waals surface area contributed by atoms with Gasteiger partial charge < -0.3 is 9.94 Å². The van der Waals surface area contributed by atoms with Crippen molar-refractivity contribution in [3.8, 4) is 5.88 Å². The Kier molecular flexibility index (Phi) is 6.26. The van der Waals surface area contributed by atoms with E-state index in [9.17, 15) is 23.1 Å². The van der Waals surface area contributed by atoms with Crippen molar-refractivity contribution in [2.75, 3.05) is 4.72 Å². The number of aromatic hydroxyl groups is 1. The minimum absolute atomic E-state index is 0.00952. The topological polar surface area (TPSA) is 115 Å². The van der Waals surface area contributed by atoms with E-state index < -0.39 is 27.3 Å². The molecular weight excluding hydrogens is 456 g/mol. The molecule has 0 atom stereocenters. The van der Waals surface area contributed by atoms with Crippen LogP contribution in [0.25, 0.3) is 10.9 Å². The average Bonchev–Trinajstić information content (AvgIpc) is 2.97. The fraction of sp³-hybridized carbons (Fsp3) is 0.273. The maximum absolute atomic E-state index is 12.8. The predicted octanol–water partition coefficient (Wildman–Crippen LogP) is 4.40. The number of sulfonamides is 1. The summed E-state index contributed by atoms with van der Waals surface area (Å²) in [6.45, 7) is 6.55. The second-order valence-electron chi connectivity index (χ2n) is 8.17. The highest BCUT2D eigenvalue weighted by atomic mass is 35.5. The fourth-order valence-corrected chi connectivity index (χ4v) is 4.52. The first-order valence-electron chi connectivity index (χ1n) is 9.77. The summed E-state index contributed by atoms with van der Waals surface area (Å²) in [7, 11) is -4.02. The number of Topliss-reactive ketones (excluding diaryl/α,β-unsaturated/α-hetero) is 1. The van der Waals surface area contributed by atoms with Crippen molar-refractivity contribution in [3.63, 3.8) is 0 Å². The molecule has 1 aromatic heterocycles. The van der Waals surface area contributed by atoms with Crippen LogP contribution in [0.15, 0.2) is 47.4 Å². The molecule has 3 aromatic rings. The highest BCUT2D eigenvalue weighted by Crippen LogP contribution is 2.34. The Morgan fingerprint density at radius 1 is 1.16 bits per heavy atom. The number of carbonyl (C=O) groups excluding carboxylic acids is 2. The Hall–Kier alpha value is -3.04. The van der Waals surface area contributed by atoms with E-state index in [1.165, 1.54) is 30.3 Å². The Balaban J connectivity index is 2.14. The molecule has 2 aromatic carbocycles. The molecule has 0 unspecified atom stereocenters. The van der Waals surface area contributed by atoms with Crippen LogP contribution in [-0.2, 0) is 14.8 Å². The first kappa shape index (κ1) is 23.6. The largest absolute Gasteiger partial charge is 0.492 e. The van der Waals surface area contributed by atoms with Crippen molar-refractivity contribution in [1.82, 2.24) is 4.73 Å². The van der Waals surface area contributed by atoms with Crippen molar-refractivity contribution in [3.05, 3.63) is 53.1 Å². The molecule has 0 bridgehead atoms. The van der Waals surface area contributed by atoms with Gasteiger partial charge in [-0.25, -0.2) is 13.2 Å². The molecule has 0 amide bonds. The van der Waals surface area contributed by atoms with Gasteiger partial charge in [-0.05, 0) is 51.1 Å². The number of carbonyl (C=O) groups is 2. The molecule has 0 fully saturated rings. The Labute approximate surface area is 190 Å². The van der Waals surface area contributed by atoms with Crippen molar-refractivity contribution in [1.29, 1.82) is 0 Å². The molecule has 0 saturated heterocycles. The van der Waals surface area contributed by atoms with Crippen LogP contribution < -0.4 is 9.56 Å². The van der Waals surface area contributed by atoms with Crippen LogP contribution in [0.4, 0.5) is 5.69 Å². The summed E-state index contributed by atoms with van der Waals surface area (Å²) in [6.07, 6.45) is 0.112. The van der Waals surface area contributed by atoms with Gasteiger partial charge in [0.1, 0.15) is 4.90 Å². The van der Waals surface area contributed by atoms with Crippen LogP contribution in [0.2, 0.25) is 5.02 Å². The standard InChI is InChI=1S/C22H23ClN2O6S/c1-5-17(26)19-14-11-10-13(24-32(29,30)18-9-7-6-8-15(18)23)12-16(14)25(20(19)27)31-21(28)22(2,3)4/h6-12,24,27H,5H2,1-4H3. The number of fused-ring (bicyclic) bond motifs is 1. The van der Waals surface area contributed by atoms with Gasteiger partial charge in [0, 0.05) is 11.8 Å². The van der Waals surface area contributed by atoms with Crippen LogP contribution in [0.5, 0.6) is 5.88 Å². The van der Waals surface area contributed by atoms with Crippen molar-refractivity contribution in [2.24, 2.45) is 5.41 Å². The van der Waals surface area contributed by atoms with Gasteiger partial charge in [0.15, 0.2) is 5.78 Å². The average molecular weight is 479 g/mol. The van der Waals surface area contributed by atoms with E-state index in [2.05, 4.69) is 4.72 Å². The van der Waals surface area contributed by atoms with Gasteiger partial charge in [-0.3, -0.25) is 9.52 Å².